The number of benzene rings is 1. The van der Waals surface area contributed by atoms with Crippen molar-refractivity contribution in [1.29, 1.82) is 0 Å². The molecular formula is C27H40N2O. The summed E-state index contributed by atoms with van der Waals surface area (Å²) in [5.74, 6) is 2.56. The molecule has 1 aliphatic carbocycles. The van der Waals surface area contributed by atoms with Crippen molar-refractivity contribution >= 4 is 0 Å². The van der Waals surface area contributed by atoms with Gasteiger partial charge in [0.1, 0.15) is 0 Å². The predicted molar refractivity (Wildman–Crippen MR) is 126 cm³/mol. The van der Waals surface area contributed by atoms with E-state index in [1.165, 1.54) is 76.2 Å². The molecule has 3 heteroatoms. The molecule has 0 aliphatic heterocycles. The summed E-state index contributed by atoms with van der Waals surface area (Å²) in [4.78, 5) is 0. The van der Waals surface area contributed by atoms with E-state index in [-0.39, 0.29) is 0 Å². The van der Waals surface area contributed by atoms with Crippen LogP contribution >= 0.6 is 0 Å². The van der Waals surface area contributed by atoms with Gasteiger partial charge in [0.05, 0.1) is 12.3 Å². The number of rotatable bonds is 12. The van der Waals surface area contributed by atoms with Gasteiger partial charge in [0.25, 0.3) is 0 Å². The Morgan fingerprint density at radius 2 is 1.47 bits per heavy atom. The van der Waals surface area contributed by atoms with Crippen LogP contribution in [0.2, 0.25) is 0 Å². The maximum Gasteiger partial charge on any atom is 0.233 e. The highest BCUT2D eigenvalue weighted by atomic mass is 16.5. The van der Waals surface area contributed by atoms with Crippen LogP contribution in [0.25, 0.3) is 11.3 Å². The molecule has 0 atom stereocenters. The lowest BCUT2D eigenvalue weighted by atomic mass is 9.78. The summed E-state index contributed by atoms with van der Waals surface area (Å²) >= 11 is 0. The van der Waals surface area contributed by atoms with Gasteiger partial charge >= 0.3 is 0 Å². The molecule has 2 aromatic rings. The number of nitrogens with zero attached hydrogens (tertiary/aromatic N) is 2. The van der Waals surface area contributed by atoms with Crippen LogP contribution in [0.1, 0.15) is 90.0 Å². The zero-order valence-corrected chi connectivity index (χ0v) is 19.1. The average Bonchev–Trinajstić information content (AvgIpc) is 2.81. The van der Waals surface area contributed by atoms with E-state index in [0.29, 0.717) is 5.88 Å². The molecule has 3 rings (SSSR count). The predicted octanol–water partition coefficient (Wildman–Crippen LogP) is 7.64. The zero-order valence-electron chi connectivity index (χ0n) is 19.1. The number of hydrogen-bond acceptors (Lipinski definition) is 3. The van der Waals surface area contributed by atoms with Gasteiger partial charge in [-0.2, -0.15) is 0 Å². The standard InChI is InChI=1S/C27H40N2O/c1-3-5-7-21-30-27-20-19-26(28-29-27)25-17-15-24(16-18-25)14-13-23-11-9-22(10-12-23)8-6-4-2/h15-20,22-23H,3-14,21H2,1-2H3. The molecule has 30 heavy (non-hydrogen) atoms. The van der Waals surface area contributed by atoms with E-state index in [4.69, 9.17) is 4.74 Å². The molecule has 0 bridgehead atoms. The molecule has 0 radical (unpaired) electrons. The smallest absolute Gasteiger partial charge is 0.233 e. The van der Waals surface area contributed by atoms with Gasteiger partial charge in [0, 0.05) is 11.6 Å². The van der Waals surface area contributed by atoms with E-state index in [2.05, 4.69) is 48.3 Å². The SMILES string of the molecule is CCCCCOc1ccc(-c2ccc(CCC3CCC(CCCC)CC3)cc2)nn1. The Labute approximate surface area is 183 Å². The van der Waals surface area contributed by atoms with Gasteiger partial charge in [-0.05, 0) is 42.7 Å². The van der Waals surface area contributed by atoms with E-state index in [1.54, 1.807) is 0 Å². The highest BCUT2D eigenvalue weighted by molar-refractivity contribution is 5.59. The Morgan fingerprint density at radius 1 is 0.767 bits per heavy atom. The maximum absolute atomic E-state index is 5.66. The van der Waals surface area contributed by atoms with E-state index in [1.807, 2.05) is 12.1 Å². The fourth-order valence-corrected chi connectivity index (χ4v) is 4.59. The van der Waals surface area contributed by atoms with Gasteiger partial charge < -0.3 is 4.74 Å². The van der Waals surface area contributed by atoms with E-state index >= 15 is 0 Å². The molecule has 0 N–H and O–H groups in total. The summed E-state index contributed by atoms with van der Waals surface area (Å²) in [6, 6.07) is 12.8. The Morgan fingerprint density at radius 3 is 2.10 bits per heavy atom. The minimum Gasteiger partial charge on any atom is -0.477 e. The Kier molecular flexibility index (Phi) is 9.66. The summed E-state index contributed by atoms with van der Waals surface area (Å²) in [6.07, 6.45) is 16.0. The molecule has 1 saturated carbocycles. The normalized spacial score (nSPS) is 19.0. The third-order valence-electron chi connectivity index (χ3n) is 6.66. The van der Waals surface area contributed by atoms with Crippen molar-refractivity contribution in [2.75, 3.05) is 6.61 Å². The van der Waals surface area contributed by atoms with Gasteiger partial charge in [-0.1, -0.05) is 95.9 Å². The molecule has 3 nitrogen and oxygen atoms in total. The van der Waals surface area contributed by atoms with Crippen LogP contribution in [0, 0.1) is 11.8 Å². The molecule has 1 aliphatic rings. The fourth-order valence-electron chi connectivity index (χ4n) is 4.59. The van der Waals surface area contributed by atoms with Crippen molar-refractivity contribution in [1.82, 2.24) is 10.2 Å². The number of aromatic nitrogens is 2. The molecule has 1 fully saturated rings. The molecule has 164 valence electrons. The number of ether oxygens (including phenoxy) is 1. The summed E-state index contributed by atoms with van der Waals surface area (Å²) in [7, 11) is 0. The van der Waals surface area contributed by atoms with E-state index in [9.17, 15) is 0 Å². The third-order valence-corrected chi connectivity index (χ3v) is 6.66. The minimum absolute atomic E-state index is 0.621. The van der Waals surface area contributed by atoms with Crippen LogP contribution < -0.4 is 4.74 Å². The summed E-state index contributed by atoms with van der Waals surface area (Å²) in [5, 5.41) is 8.58. The van der Waals surface area contributed by atoms with Crippen LogP contribution in [0.15, 0.2) is 36.4 Å². The second-order valence-electron chi connectivity index (χ2n) is 9.08. The first-order valence-corrected chi connectivity index (χ1v) is 12.3. The van der Waals surface area contributed by atoms with Crippen LogP contribution in [0.4, 0.5) is 0 Å². The first-order chi connectivity index (χ1) is 14.8. The second kappa shape index (κ2) is 12.7. The molecule has 1 heterocycles. The third kappa shape index (κ3) is 7.41. The number of unbranched alkanes of at least 4 members (excludes halogenated alkanes) is 3. The van der Waals surface area contributed by atoms with Crippen molar-refractivity contribution in [3.05, 3.63) is 42.0 Å². The Bertz CT molecular complexity index is 703. The largest absolute Gasteiger partial charge is 0.477 e. The topological polar surface area (TPSA) is 35.0 Å². The second-order valence-corrected chi connectivity index (χ2v) is 9.08. The maximum atomic E-state index is 5.66. The summed E-state index contributed by atoms with van der Waals surface area (Å²) in [6.45, 7) is 5.22. The van der Waals surface area contributed by atoms with Crippen LogP contribution in [0.5, 0.6) is 5.88 Å². The highest BCUT2D eigenvalue weighted by Gasteiger charge is 2.20. The zero-order chi connectivity index (χ0) is 21.0. The highest BCUT2D eigenvalue weighted by Crippen LogP contribution is 2.34. The van der Waals surface area contributed by atoms with Crippen LogP contribution in [0.3, 0.4) is 0 Å². The van der Waals surface area contributed by atoms with Crippen molar-refractivity contribution in [2.45, 2.75) is 90.9 Å². The molecule has 1 aromatic carbocycles. The monoisotopic (exact) mass is 408 g/mol. The molecular weight excluding hydrogens is 368 g/mol. The van der Waals surface area contributed by atoms with Crippen molar-refractivity contribution in [2.24, 2.45) is 11.8 Å². The minimum atomic E-state index is 0.621. The van der Waals surface area contributed by atoms with Gasteiger partial charge in [0.2, 0.25) is 5.88 Å². The molecule has 0 spiro atoms. The summed E-state index contributed by atoms with van der Waals surface area (Å²) in [5.41, 5.74) is 3.48. The van der Waals surface area contributed by atoms with E-state index < -0.39 is 0 Å². The van der Waals surface area contributed by atoms with Gasteiger partial charge in [-0.3, -0.25) is 0 Å². The molecule has 0 saturated heterocycles. The van der Waals surface area contributed by atoms with Crippen molar-refractivity contribution in [3.63, 3.8) is 0 Å². The molecule has 0 unspecified atom stereocenters. The first kappa shape index (κ1) is 22.8. The fraction of sp³-hybridized carbons (Fsp3) is 0.630. The lowest BCUT2D eigenvalue weighted by Crippen LogP contribution is -2.15. The quantitative estimate of drug-likeness (QED) is 0.338. The van der Waals surface area contributed by atoms with Crippen molar-refractivity contribution < 1.29 is 4.74 Å². The Hall–Kier alpha value is -1.90. The summed E-state index contributed by atoms with van der Waals surface area (Å²) < 4.78 is 5.66. The lowest BCUT2D eigenvalue weighted by molar-refractivity contribution is 0.250. The molecule has 0 amide bonds. The van der Waals surface area contributed by atoms with Crippen LogP contribution in [-0.2, 0) is 6.42 Å². The number of aryl methyl sites for hydroxylation is 1. The van der Waals surface area contributed by atoms with E-state index in [0.717, 1.165) is 36.1 Å². The molecule has 1 aromatic heterocycles. The lowest BCUT2D eigenvalue weighted by Gasteiger charge is -2.28. The van der Waals surface area contributed by atoms with Crippen LogP contribution in [-0.4, -0.2) is 16.8 Å². The Balaban J connectivity index is 1.41. The van der Waals surface area contributed by atoms with Crippen molar-refractivity contribution in [3.8, 4) is 17.1 Å². The van der Waals surface area contributed by atoms with Gasteiger partial charge in [0.15, 0.2) is 0 Å². The average molecular weight is 409 g/mol. The number of hydrogen-bond donors (Lipinski definition) is 0. The first-order valence-electron chi connectivity index (χ1n) is 12.3. The van der Waals surface area contributed by atoms with Gasteiger partial charge in [-0.25, -0.2) is 0 Å². The van der Waals surface area contributed by atoms with Gasteiger partial charge in [-0.15, -0.1) is 10.2 Å².